The van der Waals surface area contributed by atoms with Gasteiger partial charge < -0.3 is 14.6 Å². The fourth-order valence-electron chi connectivity index (χ4n) is 2.21. The predicted octanol–water partition coefficient (Wildman–Crippen LogP) is 5.16. The molecule has 0 aliphatic rings. The number of rotatable bonds is 6. The van der Waals surface area contributed by atoms with Gasteiger partial charge in [0.05, 0.1) is 0 Å². The molecular weight excluding hydrogens is 302 g/mol. The second-order valence-corrected chi connectivity index (χ2v) is 5.95. The largest absolute Gasteiger partial charge is 0.457 e. The molecule has 5 nitrogen and oxygen atoms in total. The van der Waals surface area contributed by atoms with E-state index in [1.165, 1.54) is 0 Å². The summed E-state index contributed by atoms with van der Waals surface area (Å²) >= 11 is 0. The van der Waals surface area contributed by atoms with Crippen LogP contribution >= 0.6 is 0 Å². The minimum absolute atomic E-state index is 0.0640. The highest BCUT2D eigenvalue weighted by molar-refractivity contribution is 5.48. The SMILES string of the molecule is CC(C)c1noc([C@@H](C)Nc2ccc(Oc3ccccc3)cc2)n1. The van der Waals surface area contributed by atoms with Gasteiger partial charge in [-0.15, -0.1) is 0 Å². The van der Waals surface area contributed by atoms with E-state index in [0.717, 1.165) is 23.0 Å². The number of nitrogens with zero attached hydrogens (tertiary/aromatic N) is 2. The highest BCUT2D eigenvalue weighted by atomic mass is 16.5. The van der Waals surface area contributed by atoms with Crippen LogP contribution in [-0.2, 0) is 0 Å². The van der Waals surface area contributed by atoms with Gasteiger partial charge in [-0.05, 0) is 43.3 Å². The molecule has 0 spiro atoms. The molecular formula is C19H21N3O2. The predicted molar refractivity (Wildman–Crippen MR) is 93.4 cm³/mol. The third-order valence-corrected chi connectivity index (χ3v) is 3.56. The van der Waals surface area contributed by atoms with Crippen molar-refractivity contribution in [2.45, 2.75) is 32.7 Å². The van der Waals surface area contributed by atoms with Gasteiger partial charge in [0.15, 0.2) is 5.82 Å². The Kier molecular flexibility index (Phi) is 4.79. The highest BCUT2D eigenvalue weighted by Gasteiger charge is 2.15. The van der Waals surface area contributed by atoms with Crippen LogP contribution in [0.2, 0.25) is 0 Å². The molecule has 0 amide bonds. The molecule has 2 aromatic carbocycles. The van der Waals surface area contributed by atoms with E-state index in [-0.39, 0.29) is 12.0 Å². The lowest BCUT2D eigenvalue weighted by molar-refractivity contribution is 0.361. The standard InChI is InChI=1S/C19H21N3O2/c1-13(2)18-21-19(24-22-18)14(3)20-15-9-11-17(12-10-15)23-16-7-5-4-6-8-16/h4-14,20H,1-3H3/t14-/m1/s1. The van der Waals surface area contributed by atoms with Crippen molar-refractivity contribution in [1.82, 2.24) is 10.1 Å². The second-order valence-electron chi connectivity index (χ2n) is 5.95. The van der Waals surface area contributed by atoms with Crippen molar-refractivity contribution in [2.75, 3.05) is 5.32 Å². The van der Waals surface area contributed by atoms with Gasteiger partial charge >= 0.3 is 0 Å². The van der Waals surface area contributed by atoms with Crippen molar-refractivity contribution >= 4 is 5.69 Å². The molecule has 3 aromatic rings. The lowest BCUT2D eigenvalue weighted by Crippen LogP contribution is -2.07. The van der Waals surface area contributed by atoms with Crippen LogP contribution in [0.3, 0.4) is 0 Å². The maximum absolute atomic E-state index is 5.78. The third kappa shape index (κ3) is 3.93. The van der Waals surface area contributed by atoms with Crippen LogP contribution in [0.15, 0.2) is 59.1 Å². The number of hydrogen-bond acceptors (Lipinski definition) is 5. The third-order valence-electron chi connectivity index (χ3n) is 3.56. The van der Waals surface area contributed by atoms with Crippen LogP contribution in [-0.4, -0.2) is 10.1 Å². The molecule has 5 heteroatoms. The number of para-hydroxylation sites is 1. The van der Waals surface area contributed by atoms with Crippen molar-refractivity contribution < 1.29 is 9.26 Å². The van der Waals surface area contributed by atoms with E-state index in [4.69, 9.17) is 9.26 Å². The Bertz CT molecular complexity index is 767. The Morgan fingerprint density at radius 3 is 2.21 bits per heavy atom. The van der Waals surface area contributed by atoms with E-state index >= 15 is 0 Å². The first-order chi connectivity index (χ1) is 11.6. The van der Waals surface area contributed by atoms with E-state index in [1.54, 1.807) is 0 Å². The van der Waals surface area contributed by atoms with Crippen molar-refractivity contribution in [1.29, 1.82) is 0 Å². The molecule has 1 N–H and O–H groups in total. The molecule has 0 aliphatic carbocycles. The van der Waals surface area contributed by atoms with Crippen LogP contribution in [0, 0.1) is 0 Å². The van der Waals surface area contributed by atoms with E-state index in [0.29, 0.717) is 5.89 Å². The van der Waals surface area contributed by atoms with E-state index in [9.17, 15) is 0 Å². The summed E-state index contributed by atoms with van der Waals surface area (Å²) in [5.41, 5.74) is 0.965. The fourth-order valence-corrected chi connectivity index (χ4v) is 2.21. The molecule has 0 aliphatic heterocycles. The topological polar surface area (TPSA) is 60.2 Å². The molecule has 0 fully saturated rings. The summed E-state index contributed by atoms with van der Waals surface area (Å²) in [6, 6.07) is 17.4. The number of anilines is 1. The molecule has 0 bridgehead atoms. The summed E-state index contributed by atoms with van der Waals surface area (Å²) in [6.07, 6.45) is 0. The highest BCUT2D eigenvalue weighted by Crippen LogP contribution is 2.25. The van der Waals surface area contributed by atoms with Gasteiger partial charge in [0.25, 0.3) is 0 Å². The van der Waals surface area contributed by atoms with Gasteiger partial charge in [-0.1, -0.05) is 37.2 Å². The number of ether oxygens (including phenoxy) is 1. The van der Waals surface area contributed by atoms with E-state index in [2.05, 4.69) is 15.5 Å². The second kappa shape index (κ2) is 7.17. The zero-order chi connectivity index (χ0) is 16.9. The maximum Gasteiger partial charge on any atom is 0.248 e. The average Bonchev–Trinajstić information content (AvgIpc) is 3.08. The van der Waals surface area contributed by atoms with E-state index in [1.807, 2.05) is 75.4 Å². The number of benzene rings is 2. The lowest BCUT2D eigenvalue weighted by atomic mass is 10.2. The Hall–Kier alpha value is -2.82. The van der Waals surface area contributed by atoms with Crippen molar-refractivity contribution in [3.8, 4) is 11.5 Å². The summed E-state index contributed by atoms with van der Waals surface area (Å²) in [6.45, 7) is 6.07. The van der Waals surface area contributed by atoms with Gasteiger partial charge in [-0.3, -0.25) is 0 Å². The minimum Gasteiger partial charge on any atom is -0.457 e. The normalized spacial score (nSPS) is 12.2. The molecule has 0 radical (unpaired) electrons. The molecule has 0 saturated carbocycles. The van der Waals surface area contributed by atoms with Gasteiger partial charge in [-0.2, -0.15) is 4.98 Å². The number of aromatic nitrogens is 2. The monoisotopic (exact) mass is 323 g/mol. The van der Waals surface area contributed by atoms with Gasteiger partial charge in [0.2, 0.25) is 5.89 Å². The number of nitrogens with one attached hydrogen (secondary N) is 1. The lowest BCUT2D eigenvalue weighted by Gasteiger charge is -2.12. The molecule has 1 heterocycles. The van der Waals surface area contributed by atoms with Gasteiger partial charge in [0.1, 0.15) is 17.5 Å². The quantitative estimate of drug-likeness (QED) is 0.679. The first-order valence-electron chi connectivity index (χ1n) is 8.05. The summed E-state index contributed by atoms with van der Waals surface area (Å²) in [4.78, 5) is 4.41. The van der Waals surface area contributed by atoms with Crippen LogP contribution in [0.1, 0.15) is 44.4 Å². The maximum atomic E-state index is 5.78. The van der Waals surface area contributed by atoms with Crippen molar-refractivity contribution in [3.05, 3.63) is 66.3 Å². The zero-order valence-corrected chi connectivity index (χ0v) is 14.1. The Labute approximate surface area is 141 Å². The van der Waals surface area contributed by atoms with E-state index < -0.39 is 0 Å². The molecule has 1 aromatic heterocycles. The summed E-state index contributed by atoms with van der Waals surface area (Å²) in [5.74, 6) is 3.18. The number of hydrogen-bond donors (Lipinski definition) is 1. The summed E-state index contributed by atoms with van der Waals surface area (Å²) in [7, 11) is 0. The summed E-state index contributed by atoms with van der Waals surface area (Å²) < 4.78 is 11.1. The Balaban J connectivity index is 1.63. The zero-order valence-electron chi connectivity index (χ0n) is 14.1. The van der Waals surface area contributed by atoms with Crippen LogP contribution in [0.5, 0.6) is 11.5 Å². The smallest absolute Gasteiger partial charge is 0.248 e. The van der Waals surface area contributed by atoms with Gasteiger partial charge in [-0.25, -0.2) is 0 Å². The van der Waals surface area contributed by atoms with Crippen LogP contribution in [0.25, 0.3) is 0 Å². The van der Waals surface area contributed by atoms with Gasteiger partial charge in [0, 0.05) is 11.6 Å². The molecule has 3 rings (SSSR count). The Morgan fingerprint density at radius 2 is 1.58 bits per heavy atom. The minimum atomic E-state index is -0.0640. The molecule has 24 heavy (non-hydrogen) atoms. The fraction of sp³-hybridized carbons (Fsp3) is 0.263. The van der Waals surface area contributed by atoms with Crippen LogP contribution < -0.4 is 10.1 Å². The first kappa shape index (κ1) is 16.1. The van der Waals surface area contributed by atoms with Crippen molar-refractivity contribution in [2.24, 2.45) is 0 Å². The molecule has 124 valence electrons. The molecule has 0 unspecified atom stereocenters. The van der Waals surface area contributed by atoms with Crippen LogP contribution in [0.4, 0.5) is 5.69 Å². The van der Waals surface area contributed by atoms with Crippen molar-refractivity contribution in [3.63, 3.8) is 0 Å². The summed E-state index contributed by atoms with van der Waals surface area (Å²) in [5, 5.41) is 7.34. The molecule has 1 atom stereocenters. The Morgan fingerprint density at radius 1 is 0.917 bits per heavy atom. The average molecular weight is 323 g/mol. The first-order valence-corrected chi connectivity index (χ1v) is 8.05. The molecule has 0 saturated heterocycles.